The van der Waals surface area contributed by atoms with Crippen LogP contribution in [0.4, 0.5) is 10.8 Å². The van der Waals surface area contributed by atoms with Crippen LogP contribution in [0.3, 0.4) is 0 Å². The van der Waals surface area contributed by atoms with Gasteiger partial charge in [-0.05, 0) is 30.7 Å². The lowest BCUT2D eigenvalue weighted by atomic mass is 10.3. The number of aromatic nitrogens is 2. The molecule has 0 spiro atoms. The standard InChI is InChI=1S/C13H18N4OS/c1-2-3-12-16-13(19-17-12)15-10-4-6-11(7-5-10)18-9-8-14/h4-7H,2-3,8-9,14H2,1H3,(H,15,16,17). The first-order valence-electron chi connectivity index (χ1n) is 6.34. The predicted molar refractivity (Wildman–Crippen MR) is 78.2 cm³/mol. The van der Waals surface area contributed by atoms with Crippen molar-refractivity contribution >= 4 is 22.4 Å². The number of hydrogen-bond acceptors (Lipinski definition) is 6. The van der Waals surface area contributed by atoms with Crippen LogP contribution in [-0.2, 0) is 6.42 Å². The molecule has 0 radical (unpaired) electrons. The lowest BCUT2D eigenvalue weighted by Crippen LogP contribution is -2.10. The van der Waals surface area contributed by atoms with Gasteiger partial charge in [0.1, 0.15) is 18.2 Å². The van der Waals surface area contributed by atoms with E-state index in [1.807, 2.05) is 24.3 Å². The third-order valence-corrected chi connectivity index (χ3v) is 3.10. The molecule has 0 aliphatic carbocycles. The molecule has 0 bridgehead atoms. The third-order valence-electron chi connectivity index (χ3n) is 2.43. The minimum atomic E-state index is 0.519. The molecular weight excluding hydrogens is 260 g/mol. The first-order valence-corrected chi connectivity index (χ1v) is 7.11. The van der Waals surface area contributed by atoms with Crippen LogP contribution >= 0.6 is 11.5 Å². The van der Waals surface area contributed by atoms with E-state index in [-0.39, 0.29) is 0 Å². The van der Waals surface area contributed by atoms with Crippen molar-refractivity contribution in [3.8, 4) is 5.75 Å². The maximum Gasteiger partial charge on any atom is 0.207 e. The van der Waals surface area contributed by atoms with Gasteiger partial charge in [-0.1, -0.05) is 6.92 Å². The maximum absolute atomic E-state index is 5.42. The van der Waals surface area contributed by atoms with Gasteiger partial charge in [-0.15, -0.1) is 0 Å². The number of hydrogen-bond donors (Lipinski definition) is 2. The van der Waals surface area contributed by atoms with E-state index in [4.69, 9.17) is 10.5 Å². The Morgan fingerprint density at radius 2 is 2.11 bits per heavy atom. The highest BCUT2D eigenvalue weighted by molar-refractivity contribution is 7.09. The quantitative estimate of drug-likeness (QED) is 0.814. The summed E-state index contributed by atoms with van der Waals surface area (Å²) in [5, 5.41) is 4.05. The summed E-state index contributed by atoms with van der Waals surface area (Å²) in [5.74, 6) is 1.72. The minimum Gasteiger partial charge on any atom is -0.492 e. The number of benzene rings is 1. The van der Waals surface area contributed by atoms with Gasteiger partial charge in [0.25, 0.3) is 0 Å². The first kappa shape index (κ1) is 13.8. The fourth-order valence-corrected chi connectivity index (χ4v) is 2.20. The number of nitrogens with one attached hydrogen (secondary N) is 1. The monoisotopic (exact) mass is 278 g/mol. The van der Waals surface area contributed by atoms with Crippen molar-refractivity contribution in [3.63, 3.8) is 0 Å². The molecule has 0 atom stereocenters. The summed E-state index contributed by atoms with van der Waals surface area (Å²) in [6.07, 6.45) is 1.98. The second-order valence-electron chi connectivity index (χ2n) is 4.05. The van der Waals surface area contributed by atoms with Crippen molar-refractivity contribution < 1.29 is 4.74 Å². The molecule has 0 saturated carbocycles. The van der Waals surface area contributed by atoms with E-state index >= 15 is 0 Å². The molecule has 1 aromatic heterocycles. The lowest BCUT2D eigenvalue weighted by Gasteiger charge is -2.06. The molecule has 2 aromatic rings. The van der Waals surface area contributed by atoms with E-state index in [0.29, 0.717) is 13.2 Å². The van der Waals surface area contributed by atoms with E-state index in [9.17, 15) is 0 Å². The Morgan fingerprint density at radius 1 is 1.32 bits per heavy atom. The van der Waals surface area contributed by atoms with Crippen LogP contribution in [0.25, 0.3) is 0 Å². The minimum absolute atomic E-state index is 0.519. The zero-order valence-electron chi connectivity index (χ0n) is 10.9. The largest absolute Gasteiger partial charge is 0.492 e. The van der Waals surface area contributed by atoms with E-state index in [2.05, 4.69) is 21.6 Å². The van der Waals surface area contributed by atoms with Gasteiger partial charge in [0.15, 0.2) is 0 Å². The molecule has 1 aromatic carbocycles. The van der Waals surface area contributed by atoms with Crippen molar-refractivity contribution in [2.75, 3.05) is 18.5 Å². The summed E-state index contributed by atoms with van der Waals surface area (Å²) in [5.41, 5.74) is 6.36. The number of ether oxygens (including phenoxy) is 1. The molecule has 0 unspecified atom stereocenters. The Morgan fingerprint density at radius 3 is 2.79 bits per heavy atom. The van der Waals surface area contributed by atoms with E-state index in [0.717, 1.165) is 35.2 Å². The van der Waals surface area contributed by atoms with Gasteiger partial charge in [-0.25, -0.2) is 4.98 Å². The third kappa shape index (κ3) is 4.18. The fraction of sp³-hybridized carbons (Fsp3) is 0.385. The van der Waals surface area contributed by atoms with Crippen LogP contribution in [0, 0.1) is 0 Å². The highest BCUT2D eigenvalue weighted by Gasteiger charge is 2.03. The molecule has 0 aliphatic rings. The molecule has 102 valence electrons. The van der Waals surface area contributed by atoms with Crippen LogP contribution < -0.4 is 15.8 Å². The Balaban J connectivity index is 1.94. The highest BCUT2D eigenvalue weighted by atomic mass is 32.1. The smallest absolute Gasteiger partial charge is 0.207 e. The van der Waals surface area contributed by atoms with Crippen molar-refractivity contribution in [1.29, 1.82) is 0 Å². The average Bonchev–Trinajstić information content (AvgIpc) is 2.86. The molecule has 6 heteroatoms. The van der Waals surface area contributed by atoms with Gasteiger partial charge < -0.3 is 15.8 Å². The Hall–Kier alpha value is -1.66. The molecule has 0 saturated heterocycles. The van der Waals surface area contributed by atoms with E-state index < -0.39 is 0 Å². The van der Waals surface area contributed by atoms with Gasteiger partial charge in [0.2, 0.25) is 5.13 Å². The Labute approximate surface area is 117 Å². The molecule has 1 heterocycles. The summed E-state index contributed by atoms with van der Waals surface area (Å²) in [6.45, 7) is 3.17. The topological polar surface area (TPSA) is 73.1 Å². The van der Waals surface area contributed by atoms with Gasteiger partial charge in [0.05, 0.1) is 0 Å². The summed E-state index contributed by atoms with van der Waals surface area (Å²) in [6, 6.07) is 7.72. The van der Waals surface area contributed by atoms with Crippen LogP contribution in [0.2, 0.25) is 0 Å². The number of nitrogens with two attached hydrogens (primary N) is 1. The van der Waals surface area contributed by atoms with Crippen LogP contribution in [0.1, 0.15) is 19.2 Å². The molecule has 0 fully saturated rings. The predicted octanol–water partition coefficient (Wildman–Crippen LogP) is 2.57. The maximum atomic E-state index is 5.42. The molecule has 5 nitrogen and oxygen atoms in total. The van der Waals surface area contributed by atoms with Crippen molar-refractivity contribution in [2.45, 2.75) is 19.8 Å². The number of nitrogens with zero attached hydrogens (tertiary/aromatic N) is 2. The second-order valence-corrected chi connectivity index (χ2v) is 4.80. The molecule has 0 aliphatic heterocycles. The Bertz CT molecular complexity index is 498. The molecular formula is C13H18N4OS. The van der Waals surface area contributed by atoms with Crippen LogP contribution in [0.15, 0.2) is 24.3 Å². The number of rotatable bonds is 7. The normalized spacial score (nSPS) is 10.4. The molecule has 3 N–H and O–H groups in total. The molecule has 19 heavy (non-hydrogen) atoms. The summed E-state index contributed by atoms with van der Waals surface area (Å²) in [4.78, 5) is 4.42. The molecule has 0 amide bonds. The van der Waals surface area contributed by atoms with Gasteiger partial charge in [0, 0.05) is 30.2 Å². The number of aryl methyl sites for hydroxylation is 1. The lowest BCUT2D eigenvalue weighted by molar-refractivity contribution is 0.328. The SMILES string of the molecule is CCCc1nsc(Nc2ccc(OCCN)cc2)n1. The van der Waals surface area contributed by atoms with Gasteiger partial charge in [-0.3, -0.25) is 0 Å². The average molecular weight is 278 g/mol. The van der Waals surface area contributed by atoms with Crippen molar-refractivity contribution in [3.05, 3.63) is 30.1 Å². The summed E-state index contributed by atoms with van der Waals surface area (Å²) in [7, 11) is 0. The summed E-state index contributed by atoms with van der Waals surface area (Å²) < 4.78 is 9.71. The number of anilines is 2. The second kappa shape index (κ2) is 7.06. The zero-order valence-corrected chi connectivity index (χ0v) is 11.7. The Kier molecular flexibility index (Phi) is 5.11. The van der Waals surface area contributed by atoms with Crippen LogP contribution in [-0.4, -0.2) is 22.5 Å². The van der Waals surface area contributed by atoms with Gasteiger partial charge >= 0.3 is 0 Å². The van der Waals surface area contributed by atoms with E-state index in [1.165, 1.54) is 11.5 Å². The highest BCUT2D eigenvalue weighted by Crippen LogP contribution is 2.21. The van der Waals surface area contributed by atoms with Crippen LogP contribution in [0.5, 0.6) is 5.75 Å². The molecule has 2 rings (SSSR count). The fourth-order valence-electron chi connectivity index (χ4n) is 1.56. The van der Waals surface area contributed by atoms with Crippen molar-refractivity contribution in [1.82, 2.24) is 9.36 Å². The van der Waals surface area contributed by atoms with Gasteiger partial charge in [-0.2, -0.15) is 4.37 Å². The van der Waals surface area contributed by atoms with Crippen molar-refractivity contribution in [2.24, 2.45) is 5.73 Å². The zero-order chi connectivity index (χ0) is 13.5. The van der Waals surface area contributed by atoms with E-state index in [1.54, 1.807) is 0 Å². The first-order chi connectivity index (χ1) is 9.31. The summed E-state index contributed by atoms with van der Waals surface area (Å²) >= 11 is 1.38.